The van der Waals surface area contributed by atoms with E-state index in [1.165, 1.54) is 13.2 Å². The summed E-state index contributed by atoms with van der Waals surface area (Å²) in [5.41, 5.74) is 1.49. The number of anilines is 1. The van der Waals surface area contributed by atoms with Crippen LogP contribution in [0.2, 0.25) is 5.02 Å². The Morgan fingerprint density at radius 3 is 2.82 bits per heavy atom. The molecule has 28 heavy (non-hydrogen) atoms. The number of benzene rings is 2. The predicted molar refractivity (Wildman–Crippen MR) is 109 cm³/mol. The Morgan fingerprint density at radius 2 is 2.11 bits per heavy atom. The first-order valence-corrected chi connectivity index (χ1v) is 9.47. The highest BCUT2D eigenvalue weighted by atomic mass is 35.5. The second-order valence-electron chi connectivity index (χ2n) is 6.10. The molecule has 3 rings (SSSR count). The number of nitrogens with one attached hydrogen (secondary N) is 1. The van der Waals surface area contributed by atoms with Gasteiger partial charge in [-0.2, -0.15) is 0 Å². The van der Waals surface area contributed by atoms with E-state index in [2.05, 4.69) is 5.32 Å². The van der Waals surface area contributed by atoms with E-state index in [9.17, 15) is 4.79 Å². The number of hydrogen-bond donors (Lipinski definition) is 1. The maximum Gasteiger partial charge on any atom is 0.308 e. The van der Waals surface area contributed by atoms with E-state index in [1.54, 1.807) is 37.3 Å². The molecule has 2 aromatic carbocycles. The summed E-state index contributed by atoms with van der Waals surface area (Å²) in [7, 11) is 1.39. The molecule has 148 valence electrons. The Morgan fingerprint density at radius 1 is 1.32 bits per heavy atom. The lowest BCUT2D eigenvalue weighted by Crippen LogP contribution is -2.31. The summed E-state index contributed by atoms with van der Waals surface area (Å²) in [6.45, 7) is 1.96. The van der Waals surface area contributed by atoms with Crippen molar-refractivity contribution < 1.29 is 23.4 Å². The van der Waals surface area contributed by atoms with Crippen LogP contribution in [0.3, 0.4) is 0 Å². The lowest BCUT2D eigenvalue weighted by atomic mass is 9.99. The van der Waals surface area contributed by atoms with Crippen molar-refractivity contribution in [2.45, 2.75) is 25.6 Å². The molecule has 5 nitrogen and oxygen atoms in total. The Kier molecular flexibility index (Phi) is 6.49. The van der Waals surface area contributed by atoms with Gasteiger partial charge in [0.15, 0.2) is 11.6 Å². The number of rotatable bonds is 5. The van der Waals surface area contributed by atoms with Gasteiger partial charge in [0.2, 0.25) is 0 Å². The van der Waals surface area contributed by atoms with E-state index in [0.717, 1.165) is 0 Å². The molecule has 0 saturated carbocycles. The van der Waals surface area contributed by atoms with E-state index in [-0.39, 0.29) is 24.3 Å². The molecular weight excluding hydrogens is 405 g/mol. The van der Waals surface area contributed by atoms with Crippen molar-refractivity contribution in [3.05, 3.63) is 58.4 Å². The summed E-state index contributed by atoms with van der Waals surface area (Å²) in [4.78, 5) is 12.3. The summed E-state index contributed by atoms with van der Waals surface area (Å²) in [5, 5.41) is 3.55. The van der Waals surface area contributed by atoms with Crippen LogP contribution < -0.4 is 10.1 Å². The third-order valence-electron chi connectivity index (χ3n) is 4.30. The molecule has 1 heterocycles. The average Bonchev–Trinajstić information content (AvgIpc) is 2.79. The highest BCUT2D eigenvalue weighted by Crippen LogP contribution is 2.40. The zero-order chi connectivity index (χ0) is 20.3. The molecule has 0 saturated heterocycles. The lowest BCUT2D eigenvalue weighted by Gasteiger charge is -2.23. The van der Waals surface area contributed by atoms with Crippen molar-refractivity contribution >= 4 is 40.5 Å². The van der Waals surface area contributed by atoms with Gasteiger partial charge in [-0.25, -0.2) is 4.39 Å². The molecule has 0 bridgehead atoms. The zero-order valence-electron chi connectivity index (χ0n) is 15.3. The van der Waals surface area contributed by atoms with Gasteiger partial charge in [-0.3, -0.25) is 4.79 Å². The minimum Gasteiger partial charge on any atom is -0.494 e. The lowest BCUT2D eigenvalue weighted by molar-refractivity contribution is -0.145. The van der Waals surface area contributed by atoms with Crippen molar-refractivity contribution in [3.8, 4) is 5.75 Å². The molecule has 1 aliphatic rings. The molecule has 0 unspecified atom stereocenters. The minimum absolute atomic E-state index is 0.0893. The minimum atomic E-state index is -0.851. The van der Waals surface area contributed by atoms with Crippen molar-refractivity contribution in [2.75, 3.05) is 19.0 Å². The summed E-state index contributed by atoms with van der Waals surface area (Å²) in [6.07, 6.45) is -1.74. The first kappa shape index (κ1) is 20.5. The third-order valence-corrected chi connectivity index (χ3v) is 4.90. The van der Waals surface area contributed by atoms with Gasteiger partial charge in [0.05, 0.1) is 20.1 Å². The van der Waals surface area contributed by atoms with Crippen LogP contribution in [0.15, 0.2) is 36.4 Å². The van der Waals surface area contributed by atoms with Crippen LogP contribution in [0, 0.1) is 5.82 Å². The largest absolute Gasteiger partial charge is 0.494 e. The smallest absolute Gasteiger partial charge is 0.308 e. The fourth-order valence-electron chi connectivity index (χ4n) is 3.02. The number of ether oxygens (including phenoxy) is 3. The topological polar surface area (TPSA) is 56.8 Å². The maximum absolute atomic E-state index is 15.0. The normalized spacial score (nSPS) is 18.6. The molecule has 0 fully saturated rings. The number of halogens is 2. The molecule has 2 atom stereocenters. The standard InChI is InChI=1S/C20H19ClFNO4S/c1-3-26-17(24)10-16-20(28)23-14-8-7-11(21)9-13(14)19(27-16)12-5-4-6-15(25-2)18(12)22/h4-9,16,19H,3,10H2,1-2H3,(H,23,28)/t16-,19-/m0/s1. The van der Waals surface area contributed by atoms with Gasteiger partial charge in [-0.1, -0.05) is 36.0 Å². The molecular formula is C20H19ClFNO4S. The summed E-state index contributed by atoms with van der Waals surface area (Å²) >= 11 is 11.6. The quantitative estimate of drug-likeness (QED) is 0.557. The van der Waals surface area contributed by atoms with Crippen molar-refractivity contribution in [1.29, 1.82) is 0 Å². The second kappa shape index (κ2) is 8.86. The Labute approximate surface area is 172 Å². The Balaban J connectivity index is 2.08. The molecule has 8 heteroatoms. The summed E-state index contributed by atoms with van der Waals surface area (Å²) < 4.78 is 31.2. The number of thiocarbonyl (C=S) groups is 1. The molecule has 0 radical (unpaired) electrons. The van der Waals surface area contributed by atoms with Crippen LogP contribution in [0.4, 0.5) is 10.1 Å². The van der Waals surface area contributed by atoms with Crippen LogP contribution in [-0.4, -0.2) is 30.8 Å². The second-order valence-corrected chi connectivity index (χ2v) is 6.97. The monoisotopic (exact) mass is 423 g/mol. The van der Waals surface area contributed by atoms with Crippen LogP contribution >= 0.6 is 23.8 Å². The average molecular weight is 424 g/mol. The number of esters is 1. The number of methoxy groups -OCH3 is 1. The molecule has 0 amide bonds. The summed E-state index contributed by atoms with van der Waals surface area (Å²) in [5.74, 6) is -0.916. The van der Waals surface area contributed by atoms with Crippen molar-refractivity contribution in [1.82, 2.24) is 0 Å². The first-order valence-electron chi connectivity index (χ1n) is 8.68. The van der Waals surface area contributed by atoms with Gasteiger partial charge in [-0.15, -0.1) is 0 Å². The highest BCUT2D eigenvalue weighted by Gasteiger charge is 2.33. The van der Waals surface area contributed by atoms with Crippen LogP contribution in [0.5, 0.6) is 5.75 Å². The fourth-order valence-corrected chi connectivity index (χ4v) is 3.45. The van der Waals surface area contributed by atoms with Gasteiger partial charge < -0.3 is 19.5 Å². The number of carbonyl (C=O) groups is 1. The first-order chi connectivity index (χ1) is 13.4. The molecule has 0 aromatic heterocycles. The third kappa shape index (κ3) is 4.27. The molecule has 0 spiro atoms. The highest BCUT2D eigenvalue weighted by molar-refractivity contribution is 7.80. The fraction of sp³-hybridized carbons (Fsp3) is 0.300. The van der Waals surface area contributed by atoms with Gasteiger partial charge in [0.25, 0.3) is 0 Å². The zero-order valence-corrected chi connectivity index (χ0v) is 16.9. The number of hydrogen-bond acceptors (Lipinski definition) is 5. The van der Waals surface area contributed by atoms with E-state index in [1.807, 2.05) is 0 Å². The summed E-state index contributed by atoms with van der Waals surface area (Å²) in [6, 6.07) is 9.91. The molecule has 1 N–H and O–H groups in total. The van der Waals surface area contributed by atoms with Gasteiger partial charge >= 0.3 is 5.97 Å². The van der Waals surface area contributed by atoms with E-state index in [0.29, 0.717) is 21.3 Å². The van der Waals surface area contributed by atoms with Gasteiger partial charge in [0, 0.05) is 21.8 Å². The SMILES string of the molecule is CCOC(=O)C[C@@H]1O[C@@H](c2cccc(OC)c2F)c2cc(Cl)ccc2NC1=S. The Bertz CT molecular complexity index is 908. The predicted octanol–water partition coefficient (Wildman–Crippen LogP) is 4.67. The molecule has 1 aliphatic heterocycles. The maximum atomic E-state index is 15.0. The number of carbonyl (C=O) groups excluding carboxylic acids is 1. The molecule has 2 aromatic rings. The van der Waals surface area contributed by atoms with Gasteiger partial charge in [0.1, 0.15) is 17.2 Å². The van der Waals surface area contributed by atoms with Crippen molar-refractivity contribution in [2.24, 2.45) is 0 Å². The Hall–Kier alpha value is -2.22. The van der Waals surface area contributed by atoms with Crippen LogP contribution in [-0.2, 0) is 14.3 Å². The van der Waals surface area contributed by atoms with Gasteiger partial charge in [-0.05, 0) is 31.2 Å². The van der Waals surface area contributed by atoms with E-state index in [4.69, 9.17) is 38.0 Å². The number of fused-ring (bicyclic) bond motifs is 1. The van der Waals surface area contributed by atoms with E-state index >= 15 is 4.39 Å². The van der Waals surface area contributed by atoms with Crippen LogP contribution in [0.1, 0.15) is 30.6 Å². The van der Waals surface area contributed by atoms with E-state index < -0.39 is 24.0 Å². The molecule has 0 aliphatic carbocycles. The van der Waals surface area contributed by atoms with Crippen LogP contribution in [0.25, 0.3) is 0 Å². The van der Waals surface area contributed by atoms with Crippen molar-refractivity contribution in [3.63, 3.8) is 0 Å².